The summed E-state index contributed by atoms with van der Waals surface area (Å²) in [4.78, 5) is 17.3. The Hall–Kier alpha value is -2.34. The lowest BCUT2D eigenvalue weighted by atomic mass is 10.2. The fourth-order valence-electron chi connectivity index (χ4n) is 2.36. The molecule has 22 heavy (non-hydrogen) atoms. The first-order chi connectivity index (χ1) is 10.7. The largest absolute Gasteiger partial charge is 0.283 e. The van der Waals surface area contributed by atoms with Crippen LogP contribution in [0.1, 0.15) is 5.56 Å². The SMILES string of the molecule is CSc1ncc(-c2ccnn2C)c(=O)n1Cc1ccccc1. The summed E-state index contributed by atoms with van der Waals surface area (Å²) in [7, 11) is 1.82. The fraction of sp³-hybridized carbons (Fsp3) is 0.188. The third-order valence-electron chi connectivity index (χ3n) is 3.47. The molecule has 3 rings (SSSR count). The Bertz CT molecular complexity index is 839. The lowest BCUT2D eigenvalue weighted by Crippen LogP contribution is -2.25. The van der Waals surface area contributed by atoms with Crippen LogP contribution < -0.4 is 5.56 Å². The second-order valence-corrected chi connectivity index (χ2v) is 5.65. The predicted molar refractivity (Wildman–Crippen MR) is 88.0 cm³/mol. The summed E-state index contributed by atoms with van der Waals surface area (Å²) in [6.45, 7) is 0.508. The van der Waals surface area contributed by atoms with E-state index >= 15 is 0 Å². The number of aromatic nitrogens is 4. The highest BCUT2D eigenvalue weighted by atomic mass is 32.2. The maximum absolute atomic E-state index is 12.9. The van der Waals surface area contributed by atoms with Crippen LogP contribution in [0, 0.1) is 0 Å². The number of thioether (sulfide) groups is 1. The van der Waals surface area contributed by atoms with E-state index in [0.717, 1.165) is 11.3 Å². The van der Waals surface area contributed by atoms with E-state index in [1.54, 1.807) is 21.6 Å². The summed E-state index contributed by atoms with van der Waals surface area (Å²) in [6.07, 6.45) is 5.23. The van der Waals surface area contributed by atoms with Gasteiger partial charge in [0.15, 0.2) is 5.16 Å². The average molecular weight is 312 g/mol. The minimum Gasteiger partial charge on any atom is -0.283 e. The zero-order valence-electron chi connectivity index (χ0n) is 12.4. The van der Waals surface area contributed by atoms with Crippen LogP contribution in [0.25, 0.3) is 11.3 Å². The molecule has 0 spiro atoms. The summed E-state index contributed by atoms with van der Waals surface area (Å²) in [5, 5.41) is 4.83. The Morgan fingerprint density at radius 3 is 2.59 bits per heavy atom. The van der Waals surface area contributed by atoms with Crippen molar-refractivity contribution in [1.82, 2.24) is 19.3 Å². The molecule has 0 aliphatic carbocycles. The summed E-state index contributed by atoms with van der Waals surface area (Å²) in [6, 6.07) is 11.7. The van der Waals surface area contributed by atoms with Crippen molar-refractivity contribution in [3.63, 3.8) is 0 Å². The second kappa shape index (κ2) is 6.19. The van der Waals surface area contributed by atoms with E-state index in [1.807, 2.05) is 49.7 Å². The van der Waals surface area contributed by atoms with Gasteiger partial charge in [-0.05, 0) is 17.9 Å². The molecular weight excluding hydrogens is 296 g/mol. The molecule has 2 aromatic heterocycles. The van der Waals surface area contributed by atoms with Crippen LogP contribution >= 0.6 is 11.8 Å². The van der Waals surface area contributed by atoms with Gasteiger partial charge in [-0.2, -0.15) is 5.10 Å². The molecule has 0 saturated heterocycles. The molecule has 0 aliphatic rings. The van der Waals surface area contributed by atoms with Gasteiger partial charge in [0.25, 0.3) is 5.56 Å². The van der Waals surface area contributed by atoms with Gasteiger partial charge >= 0.3 is 0 Å². The van der Waals surface area contributed by atoms with Crippen molar-refractivity contribution in [2.45, 2.75) is 11.7 Å². The van der Waals surface area contributed by atoms with Crippen molar-refractivity contribution in [2.24, 2.45) is 7.05 Å². The van der Waals surface area contributed by atoms with Crippen molar-refractivity contribution < 1.29 is 0 Å². The van der Waals surface area contributed by atoms with Gasteiger partial charge in [0.2, 0.25) is 0 Å². The molecule has 5 nitrogen and oxygen atoms in total. The number of benzene rings is 1. The van der Waals surface area contributed by atoms with Crippen LogP contribution in [-0.4, -0.2) is 25.6 Å². The first kappa shape index (κ1) is 14.6. The number of rotatable bonds is 4. The second-order valence-electron chi connectivity index (χ2n) is 4.88. The number of aryl methyl sites for hydroxylation is 1. The highest BCUT2D eigenvalue weighted by molar-refractivity contribution is 7.98. The lowest BCUT2D eigenvalue weighted by Gasteiger charge is -2.12. The van der Waals surface area contributed by atoms with E-state index < -0.39 is 0 Å². The molecule has 0 amide bonds. The summed E-state index contributed by atoms with van der Waals surface area (Å²) in [5.41, 5.74) is 2.36. The van der Waals surface area contributed by atoms with E-state index in [9.17, 15) is 4.79 Å². The molecule has 0 atom stereocenters. The highest BCUT2D eigenvalue weighted by Crippen LogP contribution is 2.17. The summed E-state index contributed by atoms with van der Waals surface area (Å²) >= 11 is 1.47. The third kappa shape index (κ3) is 2.69. The predicted octanol–water partition coefficient (Wildman–Crippen LogP) is 2.41. The molecule has 3 aromatic rings. The lowest BCUT2D eigenvalue weighted by molar-refractivity contribution is 0.645. The molecule has 0 radical (unpaired) electrons. The molecule has 0 aliphatic heterocycles. The zero-order chi connectivity index (χ0) is 15.5. The van der Waals surface area contributed by atoms with Crippen molar-refractivity contribution in [2.75, 3.05) is 6.26 Å². The van der Waals surface area contributed by atoms with Gasteiger partial charge in [-0.25, -0.2) is 4.98 Å². The molecular formula is C16H16N4OS. The standard InChI is InChI=1S/C16H16N4OS/c1-19-14(8-9-18-19)13-10-17-16(22-2)20(15(13)21)11-12-6-4-3-5-7-12/h3-10H,11H2,1-2H3. The summed E-state index contributed by atoms with van der Waals surface area (Å²) < 4.78 is 3.40. The monoisotopic (exact) mass is 312 g/mol. The first-order valence-corrected chi connectivity index (χ1v) is 8.09. The molecule has 0 fully saturated rings. The Morgan fingerprint density at radius 2 is 1.95 bits per heavy atom. The number of hydrogen-bond acceptors (Lipinski definition) is 4. The van der Waals surface area contributed by atoms with Crippen molar-refractivity contribution >= 4 is 11.8 Å². The van der Waals surface area contributed by atoms with E-state index in [0.29, 0.717) is 17.3 Å². The molecule has 2 heterocycles. The van der Waals surface area contributed by atoms with Crippen LogP contribution in [0.3, 0.4) is 0 Å². The van der Waals surface area contributed by atoms with Gasteiger partial charge < -0.3 is 0 Å². The zero-order valence-corrected chi connectivity index (χ0v) is 13.2. The van der Waals surface area contributed by atoms with Crippen LogP contribution in [0.2, 0.25) is 0 Å². The Balaban J connectivity index is 2.12. The van der Waals surface area contributed by atoms with E-state index in [2.05, 4.69) is 10.1 Å². The third-order valence-corrected chi connectivity index (χ3v) is 4.16. The Labute approximate surface area is 132 Å². The van der Waals surface area contributed by atoms with E-state index in [1.165, 1.54) is 11.8 Å². The fourth-order valence-corrected chi connectivity index (χ4v) is 2.89. The molecule has 0 unspecified atom stereocenters. The smallest absolute Gasteiger partial charge is 0.263 e. The van der Waals surface area contributed by atoms with Gasteiger partial charge in [-0.1, -0.05) is 42.1 Å². The van der Waals surface area contributed by atoms with E-state index in [4.69, 9.17) is 0 Å². The minimum atomic E-state index is -0.0493. The molecule has 1 aromatic carbocycles. The van der Waals surface area contributed by atoms with Crippen LogP contribution in [-0.2, 0) is 13.6 Å². The van der Waals surface area contributed by atoms with Crippen molar-refractivity contribution in [3.05, 3.63) is 64.7 Å². The maximum atomic E-state index is 12.9. The summed E-state index contributed by atoms with van der Waals surface area (Å²) in [5.74, 6) is 0. The molecule has 0 N–H and O–H groups in total. The van der Waals surface area contributed by atoms with E-state index in [-0.39, 0.29) is 5.56 Å². The van der Waals surface area contributed by atoms with Crippen LogP contribution in [0.15, 0.2) is 58.7 Å². The number of nitrogens with zero attached hydrogens (tertiary/aromatic N) is 4. The number of hydrogen-bond donors (Lipinski definition) is 0. The Kier molecular flexibility index (Phi) is 4.11. The van der Waals surface area contributed by atoms with Gasteiger partial charge in [0, 0.05) is 19.4 Å². The highest BCUT2D eigenvalue weighted by Gasteiger charge is 2.14. The molecule has 0 saturated carbocycles. The minimum absolute atomic E-state index is 0.0493. The van der Waals surface area contributed by atoms with Crippen LogP contribution in [0.4, 0.5) is 0 Å². The van der Waals surface area contributed by atoms with Gasteiger partial charge in [0.1, 0.15) is 0 Å². The Morgan fingerprint density at radius 1 is 1.18 bits per heavy atom. The van der Waals surface area contributed by atoms with Gasteiger partial charge in [-0.15, -0.1) is 0 Å². The van der Waals surface area contributed by atoms with Crippen LogP contribution in [0.5, 0.6) is 0 Å². The van der Waals surface area contributed by atoms with Crippen molar-refractivity contribution in [1.29, 1.82) is 0 Å². The molecule has 6 heteroatoms. The van der Waals surface area contributed by atoms with Gasteiger partial charge in [-0.3, -0.25) is 14.0 Å². The normalized spacial score (nSPS) is 10.8. The molecule has 112 valence electrons. The van der Waals surface area contributed by atoms with Crippen molar-refractivity contribution in [3.8, 4) is 11.3 Å². The van der Waals surface area contributed by atoms with Gasteiger partial charge in [0.05, 0.1) is 17.8 Å². The molecule has 0 bridgehead atoms. The topological polar surface area (TPSA) is 52.7 Å². The maximum Gasteiger partial charge on any atom is 0.263 e. The quantitative estimate of drug-likeness (QED) is 0.548. The average Bonchev–Trinajstić information content (AvgIpc) is 2.96. The first-order valence-electron chi connectivity index (χ1n) is 6.87.